The lowest BCUT2D eigenvalue weighted by molar-refractivity contribution is -0.141. The molecule has 1 aliphatic heterocycles. The van der Waals surface area contributed by atoms with Crippen molar-refractivity contribution in [1.82, 2.24) is 14.3 Å². The second-order valence-corrected chi connectivity index (χ2v) is 10.5. The van der Waals surface area contributed by atoms with Gasteiger partial charge in [-0.05, 0) is 54.4 Å². The van der Waals surface area contributed by atoms with Crippen molar-refractivity contribution in [1.29, 1.82) is 5.26 Å². The quantitative estimate of drug-likeness (QED) is 0.402. The van der Waals surface area contributed by atoms with Crippen molar-refractivity contribution in [3.8, 4) is 17.3 Å². The van der Waals surface area contributed by atoms with Crippen LogP contribution in [0.3, 0.4) is 0 Å². The molecular weight excluding hydrogens is 531 g/mol. The first kappa shape index (κ1) is 27.3. The topological polar surface area (TPSA) is 104 Å². The zero-order valence-electron chi connectivity index (χ0n) is 19.5. The maximum absolute atomic E-state index is 14.3. The highest BCUT2D eigenvalue weighted by Gasteiger charge is 2.43. The molecule has 2 aromatic heterocycles. The summed E-state index contributed by atoms with van der Waals surface area (Å²) in [6.45, 7) is -0.528. The van der Waals surface area contributed by atoms with E-state index in [0.717, 1.165) is 40.8 Å². The summed E-state index contributed by atoms with van der Waals surface area (Å²) in [7, 11) is -4.28. The average Bonchev–Trinajstić information content (AvgIpc) is 3.29. The molecule has 0 radical (unpaired) electrons. The molecule has 1 aromatic carbocycles. The molecule has 1 fully saturated rings. The maximum atomic E-state index is 14.3. The Balaban J connectivity index is 1.53. The summed E-state index contributed by atoms with van der Waals surface area (Å²) in [6, 6.07) is 8.02. The van der Waals surface area contributed by atoms with Gasteiger partial charge in [0, 0.05) is 37.3 Å². The van der Waals surface area contributed by atoms with E-state index in [-0.39, 0.29) is 41.0 Å². The van der Waals surface area contributed by atoms with Gasteiger partial charge in [-0.3, -0.25) is 14.8 Å². The van der Waals surface area contributed by atoms with Gasteiger partial charge < -0.3 is 0 Å². The van der Waals surface area contributed by atoms with Gasteiger partial charge in [0.2, 0.25) is 10.0 Å². The molecule has 0 amide bonds. The van der Waals surface area contributed by atoms with Gasteiger partial charge in [-0.15, -0.1) is 0 Å². The Morgan fingerprint density at radius 2 is 1.82 bits per heavy atom. The minimum Gasteiger partial charge on any atom is -0.298 e. The number of nitrogens with zero attached hydrogens (tertiary/aromatic N) is 4. The Kier molecular flexibility index (Phi) is 7.57. The molecule has 7 nitrogen and oxygen atoms in total. The Morgan fingerprint density at radius 1 is 1.11 bits per heavy atom. The van der Waals surface area contributed by atoms with Crippen LogP contribution in [-0.2, 0) is 27.4 Å². The fourth-order valence-corrected chi connectivity index (χ4v) is 5.80. The van der Waals surface area contributed by atoms with Gasteiger partial charge in [-0.25, -0.2) is 17.2 Å². The maximum Gasteiger partial charge on any atom is 0.433 e. The van der Waals surface area contributed by atoms with Crippen molar-refractivity contribution in [2.24, 2.45) is 0 Å². The average molecular weight is 551 g/mol. The van der Waals surface area contributed by atoms with E-state index in [4.69, 9.17) is 0 Å². The molecule has 4 rings (SSSR count). The highest BCUT2D eigenvalue weighted by atomic mass is 32.2. The van der Waals surface area contributed by atoms with Gasteiger partial charge in [-0.1, -0.05) is 0 Å². The molecule has 3 heterocycles. The molecule has 0 N–H and O–H groups in total. The largest absolute Gasteiger partial charge is 0.433 e. The number of aryl methyl sites for hydroxylation is 1. The second-order valence-electron chi connectivity index (χ2n) is 8.61. The number of carbonyl (C=O) groups is 1. The smallest absolute Gasteiger partial charge is 0.298 e. The predicted molar refractivity (Wildman–Crippen MR) is 124 cm³/mol. The summed E-state index contributed by atoms with van der Waals surface area (Å²) >= 11 is 0. The molecule has 3 aromatic rings. The monoisotopic (exact) mass is 550 g/mol. The zero-order valence-corrected chi connectivity index (χ0v) is 20.3. The Bertz CT molecular complexity index is 1490. The van der Waals surface area contributed by atoms with Gasteiger partial charge in [0.25, 0.3) is 0 Å². The number of sulfonamides is 1. The number of pyridine rings is 2. The third kappa shape index (κ3) is 5.71. The van der Waals surface area contributed by atoms with Gasteiger partial charge >= 0.3 is 6.18 Å². The molecule has 2 atom stereocenters. The third-order valence-electron chi connectivity index (χ3n) is 6.10. The van der Waals surface area contributed by atoms with Crippen molar-refractivity contribution in [3.05, 3.63) is 77.5 Å². The van der Waals surface area contributed by atoms with E-state index in [1.807, 2.05) is 6.07 Å². The number of rotatable bonds is 7. The number of Topliss-reactive ketones (excluding diaryl/α,β-unsaturated/α-hetero) is 1. The number of benzene rings is 1. The first-order chi connectivity index (χ1) is 17.9. The molecule has 0 aliphatic carbocycles. The summed E-state index contributed by atoms with van der Waals surface area (Å²) in [5.74, 6) is -1.23. The van der Waals surface area contributed by atoms with Crippen molar-refractivity contribution >= 4 is 15.8 Å². The van der Waals surface area contributed by atoms with E-state index in [1.165, 1.54) is 18.3 Å². The number of aromatic nitrogens is 2. The molecule has 38 heavy (non-hydrogen) atoms. The van der Waals surface area contributed by atoms with Crippen LogP contribution in [0.5, 0.6) is 0 Å². The van der Waals surface area contributed by atoms with Crippen molar-refractivity contribution in [2.45, 2.75) is 42.5 Å². The molecule has 0 spiro atoms. The minimum absolute atomic E-state index is 0.0246. The van der Waals surface area contributed by atoms with Crippen LogP contribution in [0.2, 0.25) is 0 Å². The lowest BCUT2D eigenvalue weighted by Gasteiger charge is -2.23. The number of hydrogen-bond acceptors (Lipinski definition) is 6. The van der Waals surface area contributed by atoms with Crippen LogP contribution in [0.25, 0.3) is 11.3 Å². The number of alkyl halides is 4. The first-order valence-corrected chi connectivity index (χ1v) is 12.7. The number of hydrogen-bond donors (Lipinski definition) is 0. The molecule has 1 aliphatic rings. The molecule has 0 unspecified atom stereocenters. The van der Waals surface area contributed by atoms with Crippen molar-refractivity contribution < 1.29 is 35.2 Å². The highest BCUT2D eigenvalue weighted by Crippen LogP contribution is 2.31. The third-order valence-corrected chi connectivity index (χ3v) is 7.99. The van der Waals surface area contributed by atoms with E-state index < -0.39 is 52.3 Å². The van der Waals surface area contributed by atoms with Crippen molar-refractivity contribution in [2.75, 3.05) is 6.54 Å². The molecule has 198 valence electrons. The molecule has 0 saturated carbocycles. The van der Waals surface area contributed by atoms with Gasteiger partial charge in [0.15, 0.2) is 5.78 Å². The van der Waals surface area contributed by atoms with Crippen LogP contribution in [0.15, 0.2) is 59.8 Å². The normalized spacial score (nSPS) is 18.3. The van der Waals surface area contributed by atoms with E-state index in [1.54, 1.807) is 0 Å². The summed E-state index contributed by atoms with van der Waals surface area (Å²) in [5, 5.41) is 9.44. The van der Waals surface area contributed by atoms with Crippen molar-refractivity contribution in [3.63, 3.8) is 0 Å². The second kappa shape index (κ2) is 10.5. The number of nitriles is 1. The Morgan fingerprint density at radius 3 is 2.42 bits per heavy atom. The van der Waals surface area contributed by atoms with Gasteiger partial charge in [-0.2, -0.15) is 22.7 Å². The predicted octanol–water partition coefficient (Wildman–Crippen LogP) is 4.48. The number of ketones is 1. The SMILES string of the molecule is N#Cc1cnc(-c2ccc(C(F)(F)F)nc2)cc1CCC(=O)[C@@H]1C[C@@H](F)CN1S(=O)(=O)c1ccc(F)cc1. The van der Waals surface area contributed by atoms with Crippen LogP contribution in [-0.4, -0.2) is 47.2 Å². The molecule has 1 saturated heterocycles. The summed E-state index contributed by atoms with van der Waals surface area (Å²) in [6.07, 6.45) is -4.59. The number of halogens is 5. The van der Waals surface area contributed by atoms with E-state index in [2.05, 4.69) is 9.97 Å². The fraction of sp³-hybridized carbons (Fsp3) is 0.280. The van der Waals surface area contributed by atoms with Crippen LogP contribution in [0.1, 0.15) is 29.7 Å². The summed E-state index contributed by atoms with van der Waals surface area (Å²) in [5.41, 5.74) is -0.135. The highest BCUT2D eigenvalue weighted by molar-refractivity contribution is 7.89. The van der Waals surface area contributed by atoms with E-state index >= 15 is 0 Å². The van der Waals surface area contributed by atoms with Gasteiger partial charge in [0.1, 0.15) is 23.8 Å². The molecule has 13 heteroatoms. The Hall–Kier alpha value is -3.76. The summed E-state index contributed by atoms with van der Waals surface area (Å²) < 4.78 is 92.7. The summed E-state index contributed by atoms with van der Waals surface area (Å²) in [4.78, 5) is 20.2. The van der Waals surface area contributed by atoms with E-state index in [9.17, 15) is 40.4 Å². The van der Waals surface area contributed by atoms with Crippen LogP contribution in [0.4, 0.5) is 22.0 Å². The lowest BCUT2D eigenvalue weighted by Crippen LogP contribution is -2.40. The van der Waals surface area contributed by atoms with Crippen LogP contribution < -0.4 is 0 Å². The first-order valence-electron chi connectivity index (χ1n) is 11.3. The molecular formula is C25H19F5N4O3S. The van der Waals surface area contributed by atoms with Gasteiger partial charge in [0.05, 0.1) is 22.2 Å². The van der Waals surface area contributed by atoms with Crippen LogP contribution >= 0.6 is 0 Å². The Labute approximate surface area is 214 Å². The standard InChI is InChI=1S/C25H19F5N4O3S/c26-18-3-5-20(6-4-18)38(36,37)34-14-19(27)10-22(34)23(35)7-1-15-9-21(32-13-17(15)11-31)16-2-8-24(33-12-16)25(28,29)30/h2-6,8-9,12-13,19,22H,1,7,10,14H2/t19-,22+/m1/s1. The fourth-order valence-electron chi connectivity index (χ4n) is 4.16. The number of carbonyl (C=O) groups excluding carboxylic acids is 1. The van der Waals surface area contributed by atoms with E-state index in [0.29, 0.717) is 5.56 Å². The molecule has 0 bridgehead atoms. The zero-order chi connectivity index (χ0) is 27.7. The minimum atomic E-state index is -4.61. The van der Waals surface area contributed by atoms with Crippen LogP contribution in [0, 0.1) is 17.1 Å². The lowest BCUT2D eigenvalue weighted by atomic mass is 9.98.